The van der Waals surface area contributed by atoms with Crippen molar-refractivity contribution in [3.05, 3.63) is 36.0 Å². The highest BCUT2D eigenvalue weighted by Crippen LogP contribution is 2.23. The number of thioether (sulfide) groups is 1. The van der Waals surface area contributed by atoms with Crippen molar-refractivity contribution in [3.8, 4) is 11.5 Å². The molecule has 0 radical (unpaired) electrons. The van der Waals surface area contributed by atoms with Gasteiger partial charge in [-0.05, 0) is 42.5 Å². The molecule has 0 amide bonds. The van der Waals surface area contributed by atoms with Gasteiger partial charge in [-0.1, -0.05) is 6.07 Å². The molecule has 1 aromatic heterocycles. The Hall–Kier alpha value is -1.44. The number of benzene rings is 1. The predicted molar refractivity (Wildman–Crippen MR) is 96.9 cm³/mol. The Morgan fingerprint density at radius 3 is 2.68 bits per heavy atom. The Morgan fingerprint density at radius 1 is 1.12 bits per heavy atom. The highest BCUT2D eigenvalue weighted by molar-refractivity contribution is 7.99. The molecule has 4 rings (SSSR count). The average Bonchev–Trinajstić information content (AvgIpc) is 3.12. The summed E-state index contributed by atoms with van der Waals surface area (Å²) < 4.78 is 19.0. The van der Waals surface area contributed by atoms with Crippen molar-refractivity contribution >= 4 is 11.8 Å². The zero-order valence-electron chi connectivity index (χ0n) is 14.2. The summed E-state index contributed by atoms with van der Waals surface area (Å²) in [4.78, 5) is 5.00. The first kappa shape index (κ1) is 17.0. The highest BCUT2D eigenvalue weighted by atomic mass is 32.2. The van der Waals surface area contributed by atoms with Crippen LogP contribution in [0.5, 0.6) is 0 Å². The van der Waals surface area contributed by atoms with E-state index in [1.165, 1.54) is 36.5 Å². The minimum Gasteiger partial charge on any atom is -0.419 e. The highest BCUT2D eigenvalue weighted by Gasteiger charge is 2.26. The zero-order chi connectivity index (χ0) is 17.1. The molecule has 2 aliphatic rings. The Bertz CT molecular complexity index is 696. The fourth-order valence-corrected chi connectivity index (χ4v) is 4.67. The number of rotatable bonds is 4. The molecule has 0 spiro atoms. The van der Waals surface area contributed by atoms with Crippen molar-refractivity contribution in [1.82, 2.24) is 20.0 Å². The van der Waals surface area contributed by atoms with Crippen LogP contribution in [0.15, 0.2) is 28.7 Å². The van der Waals surface area contributed by atoms with Crippen molar-refractivity contribution < 1.29 is 8.81 Å². The molecule has 0 N–H and O–H groups in total. The summed E-state index contributed by atoms with van der Waals surface area (Å²) in [6.07, 6.45) is 2.65. The maximum atomic E-state index is 13.3. The van der Waals surface area contributed by atoms with Crippen LogP contribution in [0.25, 0.3) is 11.5 Å². The molecule has 2 fully saturated rings. The van der Waals surface area contributed by atoms with Gasteiger partial charge >= 0.3 is 0 Å². The van der Waals surface area contributed by atoms with E-state index in [9.17, 15) is 4.39 Å². The molecule has 134 valence electrons. The smallest absolute Gasteiger partial charge is 0.247 e. The zero-order valence-corrected chi connectivity index (χ0v) is 15.1. The van der Waals surface area contributed by atoms with Crippen LogP contribution in [0.3, 0.4) is 0 Å². The van der Waals surface area contributed by atoms with Crippen LogP contribution in [0.2, 0.25) is 0 Å². The lowest BCUT2D eigenvalue weighted by Crippen LogP contribution is -2.50. The van der Waals surface area contributed by atoms with Crippen LogP contribution in [0, 0.1) is 5.82 Å². The average molecular weight is 362 g/mol. The number of hydrogen-bond acceptors (Lipinski definition) is 6. The molecule has 3 heterocycles. The Balaban J connectivity index is 1.31. The summed E-state index contributed by atoms with van der Waals surface area (Å²) >= 11 is 2.08. The number of hydrogen-bond donors (Lipinski definition) is 0. The molecule has 0 atom stereocenters. The summed E-state index contributed by atoms with van der Waals surface area (Å²) in [5.41, 5.74) is 0.624. The van der Waals surface area contributed by atoms with Crippen LogP contribution >= 0.6 is 11.8 Å². The lowest BCUT2D eigenvalue weighted by atomic mass is 10.1. The minimum atomic E-state index is -0.297. The van der Waals surface area contributed by atoms with Crippen LogP contribution < -0.4 is 0 Å². The van der Waals surface area contributed by atoms with Gasteiger partial charge in [0.15, 0.2) is 0 Å². The van der Waals surface area contributed by atoms with Crippen molar-refractivity contribution in [1.29, 1.82) is 0 Å². The first-order chi connectivity index (χ1) is 12.3. The monoisotopic (exact) mass is 362 g/mol. The number of nitrogens with zero attached hydrogens (tertiary/aromatic N) is 4. The minimum absolute atomic E-state index is 0.297. The quantitative estimate of drug-likeness (QED) is 0.833. The molecule has 2 aliphatic heterocycles. The Kier molecular flexibility index (Phi) is 5.33. The van der Waals surface area contributed by atoms with Gasteiger partial charge in [-0.2, -0.15) is 11.8 Å². The van der Waals surface area contributed by atoms with E-state index in [2.05, 4.69) is 31.8 Å². The molecule has 0 bridgehead atoms. The Labute approximate surface area is 151 Å². The maximum absolute atomic E-state index is 13.3. The molecule has 5 nitrogen and oxygen atoms in total. The molecule has 0 aliphatic carbocycles. The van der Waals surface area contributed by atoms with Gasteiger partial charge < -0.3 is 4.42 Å². The van der Waals surface area contributed by atoms with E-state index in [-0.39, 0.29) is 5.82 Å². The van der Waals surface area contributed by atoms with Crippen molar-refractivity contribution in [2.45, 2.75) is 25.4 Å². The van der Waals surface area contributed by atoms with Crippen molar-refractivity contribution in [3.63, 3.8) is 0 Å². The molecule has 1 aromatic carbocycles. The second kappa shape index (κ2) is 7.85. The standard InChI is InChI=1S/C18H23FN4OS/c19-15-3-1-2-14(12-15)18-21-20-17(24-18)13-22-6-8-23(9-7-22)16-4-10-25-11-5-16/h1-3,12,16H,4-11,13H2. The van der Waals surface area contributed by atoms with E-state index < -0.39 is 0 Å². The molecule has 25 heavy (non-hydrogen) atoms. The largest absolute Gasteiger partial charge is 0.419 e. The molecule has 2 saturated heterocycles. The van der Waals surface area contributed by atoms with E-state index in [4.69, 9.17) is 4.42 Å². The SMILES string of the molecule is Fc1cccc(-c2nnc(CN3CCN(C4CCSCC4)CC3)o2)c1. The van der Waals surface area contributed by atoms with E-state index in [1.54, 1.807) is 12.1 Å². The molecular weight excluding hydrogens is 339 g/mol. The van der Waals surface area contributed by atoms with Gasteiger partial charge in [0.2, 0.25) is 11.8 Å². The van der Waals surface area contributed by atoms with Crippen molar-refractivity contribution in [2.24, 2.45) is 0 Å². The summed E-state index contributed by atoms with van der Waals surface area (Å²) in [7, 11) is 0. The lowest BCUT2D eigenvalue weighted by Gasteiger charge is -2.40. The van der Waals surface area contributed by atoms with Gasteiger partial charge in [0.25, 0.3) is 0 Å². The number of halogens is 1. The van der Waals surface area contributed by atoms with E-state index >= 15 is 0 Å². The third kappa shape index (κ3) is 4.22. The second-order valence-electron chi connectivity index (χ2n) is 6.67. The van der Waals surface area contributed by atoms with Crippen LogP contribution in [0.1, 0.15) is 18.7 Å². The first-order valence-corrected chi connectivity index (χ1v) is 10.1. The van der Waals surface area contributed by atoms with Crippen LogP contribution in [-0.4, -0.2) is 63.7 Å². The van der Waals surface area contributed by atoms with Crippen LogP contribution in [-0.2, 0) is 6.54 Å². The Morgan fingerprint density at radius 2 is 1.92 bits per heavy atom. The van der Waals surface area contributed by atoms with Gasteiger partial charge in [-0.15, -0.1) is 10.2 Å². The summed E-state index contributed by atoms with van der Waals surface area (Å²) in [6, 6.07) is 7.02. The van der Waals surface area contributed by atoms with Gasteiger partial charge in [-0.3, -0.25) is 9.80 Å². The molecular formula is C18H23FN4OS. The lowest BCUT2D eigenvalue weighted by molar-refractivity contribution is 0.0831. The normalized spacial score (nSPS) is 20.8. The van der Waals surface area contributed by atoms with Gasteiger partial charge in [-0.25, -0.2) is 4.39 Å². The number of aromatic nitrogens is 2. The van der Waals surface area contributed by atoms with Crippen molar-refractivity contribution in [2.75, 3.05) is 37.7 Å². The van der Waals surface area contributed by atoms with Crippen LogP contribution in [0.4, 0.5) is 4.39 Å². The number of piperazine rings is 1. The summed E-state index contributed by atoms with van der Waals surface area (Å²) in [5, 5.41) is 8.19. The first-order valence-electron chi connectivity index (χ1n) is 8.90. The second-order valence-corrected chi connectivity index (χ2v) is 7.89. The van der Waals surface area contributed by atoms with E-state index in [0.717, 1.165) is 32.2 Å². The summed E-state index contributed by atoms with van der Waals surface area (Å²) in [6.45, 7) is 4.94. The maximum Gasteiger partial charge on any atom is 0.247 e. The van der Waals surface area contributed by atoms with Gasteiger partial charge in [0, 0.05) is 37.8 Å². The predicted octanol–water partition coefficient (Wildman–Crippen LogP) is 2.89. The van der Waals surface area contributed by atoms with Gasteiger partial charge in [0.1, 0.15) is 5.82 Å². The fraction of sp³-hybridized carbons (Fsp3) is 0.556. The van der Waals surface area contributed by atoms with Gasteiger partial charge in [0.05, 0.1) is 6.54 Å². The summed E-state index contributed by atoms with van der Waals surface area (Å²) in [5.74, 6) is 3.29. The third-order valence-corrected chi connectivity index (χ3v) is 6.06. The molecule has 7 heteroatoms. The molecule has 2 aromatic rings. The third-order valence-electron chi connectivity index (χ3n) is 5.01. The molecule has 0 saturated carbocycles. The fourth-order valence-electron chi connectivity index (χ4n) is 3.58. The van der Waals surface area contributed by atoms with E-state index in [1.807, 2.05) is 0 Å². The van der Waals surface area contributed by atoms with E-state index in [0.29, 0.717) is 23.9 Å². The molecule has 0 unspecified atom stereocenters. The topological polar surface area (TPSA) is 45.4 Å².